The Kier molecular flexibility index (Phi) is 3.17. The van der Waals surface area contributed by atoms with Crippen LogP contribution >= 0.6 is 0 Å². The summed E-state index contributed by atoms with van der Waals surface area (Å²) < 4.78 is 5.58. The zero-order chi connectivity index (χ0) is 11.7. The molecule has 1 aliphatic heterocycles. The number of aliphatic hydroxyl groups excluding tert-OH is 1. The molecule has 1 N–H and O–H groups in total. The van der Waals surface area contributed by atoms with Crippen LogP contribution in [0.2, 0.25) is 0 Å². The minimum Gasteiger partial charge on any atom is -0.388 e. The van der Waals surface area contributed by atoms with Gasteiger partial charge in [0.25, 0.3) is 0 Å². The lowest BCUT2D eigenvalue weighted by Crippen LogP contribution is -2.11. The molecule has 2 atom stereocenters. The van der Waals surface area contributed by atoms with Crippen LogP contribution in [0.15, 0.2) is 18.2 Å². The van der Waals surface area contributed by atoms with Crippen molar-refractivity contribution in [1.29, 1.82) is 0 Å². The Hall–Kier alpha value is -0.860. The monoisotopic (exact) mass is 232 g/mol. The fraction of sp³-hybridized carbons (Fsp3) is 0.600. The highest BCUT2D eigenvalue weighted by atomic mass is 16.5. The van der Waals surface area contributed by atoms with Gasteiger partial charge in [0.1, 0.15) is 0 Å². The zero-order valence-electron chi connectivity index (χ0n) is 10.2. The molecule has 1 aromatic carbocycles. The van der Waals surface area contributed by atoms with E-state index in [4.69, 9.17) is 4.74 Å². The molecular weight excluding hydrogens is 212 g/mol. The molecule has 0 saturated carbocycles. The molecule has 2 nitrogen and oxygen atoms in total. The molecule has 0 bridgehead atoms. The second-order valence-corrected chi connectivity index (χ2v) is 5.27. The van der Waals surface area contributed by atoms with Gasteiger partial charge in [-0.15, -0.1) is 0 Å². The van der Waals surface area contributed by atoms with Gasteiger partial charge in [0.2, 0.25) is 0 Å². The molecule has 0 aromatic heterocycles. The van der Waals surface area contributed by atoms with Crippen molar-refractivity contribution in [2.45, 2.75) is 50.7 Å². The highest BCUT2D eigenvalue weighted by Crippen LogP contribution is 2.29. The molecular formula is C15H20O2. The van der Waals surface area contributed by atoms with E-state index < -0.39 is 0 Å². The fourth-order valence-electron chi connectivity index (χ4n) is 3.01. The van der Waals surface area contributed by atoms with Gasteiger partial charge in [-0.3, -0.25) is 0 Å². The molecule has 0 spiro atoms. The van der Waals surface area contributed by atoms with Crippen LogP contribution in [0.1, 0.15) is 48.5 Å². The molecule has 3 rings (SSSR count). The summed E-state index contributed by atoms with van der Waals surface area (Å²) in [4.78, 5) is 0. The number of hydrogen-bond acceptors (Lipinski definition) is 2. The SMILES string of the molecule is OC(CC1CCCO1)c1ccc2c(c1)CCC2. The Morgan fingerprint density at radius 1 is 1.24 bits per heavy atom. The quantitative estimate of drug-likeness (QED) is 0.868. The normalized spacial score (nSPS) is 24.9. The second-order valence-electron chi connectivity index (χ2n) is 5.27. The maximum Gasteiger partial charge on any atom is 0.0814 e. The standard InChI is InChI=1S/C15H20O2/c16-15(10-14-5-2-8-17-14)13-7-6-11-3-1-4-12(11)9-13/h6-7,9,14-16H,1-5,8,10H2. The Labute approximate surface area is 103 Å². The van der Waals surface area contributed by atoms with Crippen LogP contribution in [-0.2, 0) is 17.6 Å². The molecule has 2 unspecified atom stereocenters. The predicted molar refractivity (Wildman–Crippen MR) is 67.0 cm³/mol. The number of hydrogen-bond donors (Lipinski definition) is 1. The van der Waals surface area contributed by atoms with Crippen LogP contribution in [0.5, 0.6) is 0 Å². The molecule has 92 valence electrons. The van der Waals surface area contributed by atoms with Gasteiger partial charge in [-0.25, -0.2) is 0 Å². The van der Waals surface area contributed by atoms with Gasteiger partial charge in [0.15, 0.2) is 0 Å². The van der Waals surface area contributed by atoms with Crippen LogP contribution in [-0.4, -0.2) is 17.8 Å². The van der Waals surface area contributed by atoms with E-state index in [1.807, 2.05) is 0 Å². The van der Waals surface area contributed by atoms with Crippen LogP contribution in [0.4, 0.5) is 0 Å². The van der Waals surface area contributed by atoms with E-state index in [0.717, 1.165) is 31.4 Å². The van der Waals surface area contributed by atoms with E-state index in [1.165, 1.54) is 30.4 Å². The molecule has 17 heavy (non-hydrogen) atoms. The van der Waals surface area contributed by atoms with Gasteiger partial charge in [-0.05, 0) is 48.8 Å². The van der Waals surface area contributed by atoms with Crippen molar-refractivity contribution in [1.82, 2.24) is 0 Å². The minimum atomic E-state index is -0.357. The summed E-state index contributed by atoms with van der Waals surface area (Å²) in [5.41, 5.74) is 3.98. The molecule has 1 aliphatic carbocycles. The molecule has 1 aromatic rings. The summed E-state index contributed by atoms with van der Waals surface area (Å²) in [7, 11) is 0. The number of rotatable bonds is 3. The summed E-state index contributed by atoms with van der Waals surface area (Å²) in [6.45, 7) is 0.863. The number of aryl methyl sites for hydroxylation is 2. The smallest absolute Gasteiger partial charge is 0.0814 e. The summed E-state index contributed by atoms with van der Waals surface area (Å²) >= 11 is 0. The maximum absolute atomic E-state index is 10.2. The Bertz CT molecular complexity index is 394. The number of benzene rings is 1. The van der Waals surface area contributed by atoms with Crippen LogP contribution < -0.4 is 0 Å². The first-order chi connectivity index (χ1) is 8.33. The van der Waals surface area contributed by atoms with Gasteiger partial charge in [0.05, 0.1) is 12.2 Å². The molecule has 0 radical (unpaired) electrons. The van der Waals surface area contributed by atoms with Gasteiger partial charge < -0.3 is 9.84 Å². The van der Waals surface area contributed by atoms with Crippen molar-refractivity contribution in [3.8, 4) is 0 Å². The van der Waals surface area contributed by atoms with Crippen molar-refractivity contribution < 1.29 is 9.84 Å². The lowest BCUT2D eigenvalue weighted by atomic mass is 9.98. The lowest BCUT2D eigenvalue weighted by Gasteiger charge is -2.16. The van der Waals surface area contributed by atoms with Gasteiger partial charge in [0, 0.05) is 13.0 Å². The zero-order valence-corrected chi connectivity index (χ0v) is 10.2. The van der Waals surface area contributed by atoms with E-state index in [-0.39, 0.29) is 12.2 Å². The summed E-state index contributed by atoms with van der Waals surface area (Å²) in [5, 5.41) is 10.2. The molecule has 1 heterocycles. The fourth-order valence-corrected chi connectivity index (χ4v) is 3.01. The first-order valence-electron chi connectivity index (χ1n) is 6.74. The first kappa shape index (κ1) is 11.2. The van der Waals surface area contributed by atoms with E-state index in [2.05, 4.69) is 18.2 Å². The van der Waals surface area contributed by atoms with E-state index in [0.29, 0.717) is 0 Å². The Morgan fingerprint density at radius 2 is 2.12 bits per heavy atom. The van der Waals surface area contributed by atoms with E-state index in [9.17, 15) is 5.11 Å². The summed E-state index contributed by atoms with van der Waals surface area (Å²) in [6, 6.07) is 6.47. The van der Waals surface area contributed by atoms with Crippen molar-refractivity contribution in [2.75, 3.05) is 6.61 Å². The van der Waals surface area contributed by atoms with Crippen molar-refractivity contribution in [3.05, 3.63) is 34.9 Å². The summed E-state index contributed by atoms with van der Waals surface area (Å²) in [5.74, 6) is 0. The molecule has 2 heteroatoms. The predicted octanol–water partition coefficient (Wildman–Crippen LogP) is 2.78. The van der Waals surface area contributed by atoms with E-state index >= 15 is 0 Å². The van der Waals surface area contributed by atoms with Crippen LogP contribution in [0.3, 0.4) is 0 Å². The maximum atomic E-state index is 10.2. The van der Waals surface area contributed by atoms with Crippen molar-refractivity contribution >= 4 is 0 Å². The number of fused-ring (bicyclic) bond motifs is 1. The Morgan fingerprint density at radius 3 is 2.94 bits per heavy atom. The molecule has 2 aliphatic rings. The second kappa shape index (κ2) is 4.79. The average molecular weight is 232 g/mol. The third kappa shape index (κ3) is 2.38. The van der Waals surface area contributed by atoms with Crippen molar-refractivity contribution in [3.63, 3.8) is 0 Å². The average Bonchev–Trinajstić information content (AvgIpc) is 2.97. The van der Waals surface area contributed by atoms with Gasteiger partial charge in [-0.1, -0.05) is 18.2 Å². The molecule has 0 amide bonds. The third-order valence-corrected chi connectivity index (χ3v) is 4.02. The number of ether oxygens (including phenoxy) is 1. The topological polar surface area (TPSA) is 29.5 Å². The summed E-state index contributed by atoms with van der Waals surface area (Å²) in [6.07, 6.45) is 6.54. The largest absolute Gasteiger partial charge is 0.388 e. The van der Waals surface area contributed by atoms with Gasteiger partial charge in [-0.2, -0.15) is 0 Å². The number of aliphatic hydroxyl groups is 1. The molecule has 1 saturated heterocycles. The van der Waals surface area contributed by atoms with Crippen molar-refractivity contribution in [2.24, 2.45) is 0 Å². The van der Waals surface area contributed by atoms with Crippen LogP contribution in [0.25, 0.3) is 0 Å². The molecule has 1 fully saturated rings. The van der Waals surface area contributed by atoms with E-state index in [1.54, 1.807) is 0 Å². The highest BCUT2D eigenvalue weighted by Gasteiger charge is 2.21. The van der Waals surface area contributed by atoms with Gasteiger partial charge >= 0.3 is 0 Å². The van der Waals surface area contributed by atoms with Crippen LogP contribution in [0, 0.1) is 0 Å². The lowest BCUT2D eigenvalue weighted by molar-refractivity contribution is 0.0535. The highest BCUT2D eigenvalue weighted by molar-refractivity contribution is 5.36. The Balaban J connectivity index is 1.70. The third-order valence-electron chi connectivity index (χ3n) is 4.02. The minimum absolute atomic E-state index is 0.262. The first-order valence-corrected chi connectivity index (χ1v) is 6.74.